The van der Waals surface area contributed by atoms with Crippen molar-refractivity contribution in [1.29, 1.82) is 0 Å². The molecule has 218 valence electrons. The van der Waals surface area contributed by atoms with Gasteiger partial charge in [-0.2, -0.15) is 4.90 Å². The molecule has 2 aliphatic heterocycles. The number of amides is 5. The van der Waals surface area contributed by atoms with Crippen LogP contribution in [0.1, 0.15) is 24.3 Å². The zero-order valence-corrected chi connectivity index (χ0v) is 23.7. The van der Waals surface area contributed by atoms with Gasteiger partial charge in [0.05, 0.1) is 31.7 Å². The van der Waals surface area contributed by atoms with Gasteiger partial charge in [-0.1, -0.05) is 17.7 Å². The number of allylic oxidation sites excluding steroid dienone is 2. The molecule has 10 nitrogen and oxygen atoms in total. The van der Waals surface area contributed by atoms with Crippen molar-refractivity contribution in [3.05, 3.63) is 65.5 Å². The molecule has 2 aromatic carbocycles. The minimum absolute atomic E-state index is 0.0380. The molecule has 0 aromatic heterocycles. The third-order valence-electron chi connectivity index (χ3n) is 8.79. The Kier molecular flexibility index (Phi) is 6.39. The van der Waals surface area contributed by atoms with E-state index < -0.39 is 69.0 Å². The van der Waals surface area contributed by atoms with Gasteiger partial charge in [-0.3, -0.25) is 19.2 Å². The lowest BCUT2D eigenvalue weighted by Gasteiger charge is -2.50. The third-order valence-corrected chi connectivity index (χ3v) is 10.2. The fourth-order valence-electron chi connectivity index (χ4n) is 6.93. The van der Waals surface area contributed by atoms with E-state index in [-0.39, 0.29) is 30.0 Å². The SMILES string of the molecule is COC(=O)N1C(=O)[C@H]2[C@H](CC=C3[C@H]2C[C@@]2(Cl)C(=O)N(c4ccc(F)cc4)C(=O)[C@@]2(Cl)[C@H]3c2ccc(OC)c(O)c2)C1=O. The first-order chi connectivity index (χ1) is 19.9. The fourth-order valence-corrected chi connectivity index (χ4v) is 7.87. The lowest BCUT2D eigenvalue weighted by molar-refractivity contribution is -0.138. The molecule has 1 N–H and O–H groups in total. The van der Waals surface area contributed by atoms with Gasteiger partial charge < -0.3 is 14.6 Å². The molecule has 0 spiro atoms. The number of methoxy groups -OCH3 is 2. The highest BCUT2D eigenvalue weighted by Gasteiger charge is 2.76. The molecule has 2 aliphatic carbocycles. The van der Waals surface area contributed by atoms with Crippen LogP contribution in [0.15, 0.2) is 54.1 Å². The molecule has 0 unspecified atom stereocenters. The molecular weight excluding hydrogens is 594 g/mol. The topological polar surface area (TPSA) is 131 Å². The number of ether oxygens (including phenoxy) is 2. The van der Waals surface area contributed by atoms with E-state index in [9.17, 15) is 33.5 Å². The Labute approximate surface area is 248 Å². The molecule has 2 aromatic rings. The summed E-state index contributed by atoms with van der Waals surface area (Å²) in [5, 5.41) is 10.7. The summed E-state index contributed by atoms with van der Waals surface area (Å²) in [6.45, 7) is 0. The van der Waals surface area contributed by atoms with Crippen molar-refractivity contribution < 1.29 is 42.9 Å². The van der Waals surface area contributed by atoms with E-state index in [1.54, 1.807) is 12.1 Å². The number of carbonyl (C=O) groups excluding carboxylic acids is 5. The lowest BCUT2D eigenvalue weighted by atomic mass is 9.56. The molecule has 6 rings (SSSR count). The zero-order valence-electron chi connectivity index (χ0n) is 22.2. The van der Waals surface area contributed by atoms with Crippen LogP contribution in [0.2, 0.25) is 0 Å². The van der Waals surface area contributed by atoms with Gasteiger partial charge in [0.2, 0.25) is 11.8 Å². The highest BCUT2D eigenvalue weighted by molar-refractivity contribution is 6.58. The van der Waals surface area contributed by atoms with Crippen molar-refractivity contribution in [3.63, 3.8) is 0 Å². The molecular formula is C29H23Cl2FN2O8. The lowest BCUT2D eigenvalue weighted by Crippen LogP contribution is -2.60. The van der Waals surface area contributed by atoms with E-state index in [4.69, 9.17) is 27.9 Å². The standard InChI is InChI=1S/C29H23Cl2FN2O8/c1-41-20-10-3-13(11-19(20)35)22-16-8-9-17-21(24(37)34(23(17)36)27(40)42-2)18(16)12-28(30)25(38)33(26(39)29(22,28)31)15-6-4-14(32)5-7-15/h3-8,10-11,17-18,21-22,35H,9,12H2,1-2H3/t17-,18+,21-,22-,28+,29-/m0/s1. The molecule has 42 heavy (non-hydrogen) atoms. The van der Waals surface area contributed by atoms with Gasteiger partial charge >= 0.3 is 6.09 Å². The highest BCUT2D eigenvalue weighted by Crippen LogP contribution is 2.66. The average Bonchev–Trinajstić information content (AvgIpc) is 3.31. The van der Waals surface area contributed by atoms with Crippen LogP contribution in [-0.4, -0.2) is 63.7 Å². The summed E-state index contributed by atoms with van der Waals surface area (Å²) >= 11 is 14.4. The predicted octanol–water partition coefficient (Wildman–Crippen LogP) is 3.87. The Balaban J connectivity index is 1.56. The minimum atomic E-state index is -2.16. The number of hydrogen-bond acceptors (Lipinski definition) is 8. The Morgan fingerprint density at radius 1 is 1.00 bits per heavy atom. The first kappa shape index (κ1) is 28.2. The van der Waals surface area contributed by atoms with Crippen LogP contribution < -0.4 is 9.64 Å². The van der Waals surface area contributed by atoms with E-state index >= 15 is 0 Å². The summed E-state index contributed by atoms with van der Waals surface area (Å²) in [7, 11) is 2.40. The van der Waals surface area contributed by atoms with Crippen LogP contribution in [0, 0.1) is 23.6 Å². The first-order valence-corrected chi connectivity index (χ1v) is 13.7. The van der Waals surface area contributed by atoms with E-state index in [1.165, 1.54) is 31.4 Å². The Morgan fingerprint density at radius 3 is 2.31 bits per heavy atom. The summed E-state index contributed by atoms with van der Waals surface area (Å²) in [5.41, 5.74) is 0.796. The van der Waals surface area contributed by atoms with Gasteiger partial charge in [-0.05, 0) is 60.7 Å². The number of hydrogen-bond donors (Lipinski definition) is 1. The van der Waals surface area contributed by atoms with Gasteiger partial charge in [0.1, 0.15) is 5.82 Å². The van der Waals surface area contributed by atoms with Crippen LogP contribution in [0.4, 0.5) is 14.9 Å². The van der Waals surface area contributed by atoms with Crippen LogP contribution in [0.25, 0.3) is 0 Å². The van der Waals surface area contributed by atoms with Crippen LogP contribution in [-0.2, 0) is 23.9 Å². The molecule has 2 saturated heterocycles. The number of imide groups is 4. The number of aromatic hydroxyl groups is 1. The number of fused-ring (bicyclic) bond motifs is 4. The quantitative estimate of drug-likeness (QED) is 0.312. The summed E-state index contributed by atoms with van der Waals surface area (Å²) in [5.74, 6) is -8.11. The number of alkyl halides is 2. The summed E-state index contributed by atoms with van der Waals surface area (Å²) in [4.78, 5) is 64.4. The molecule has 0 bridgehead atoms. The summed E-state index contributed by atoms with van der Waals surface area (Å²) in [6.07, 6.45) is 0.275. The normalized spacial score (nSPS) is 31.9. The monoisotopic (exact) mass is 616 g/mol. The second-order valence-electron chi connectivity index (χ2n) is 10.7. The summed E-state index contributed by atoms with van der Waals surface area (Å²) in [6, 6.07) is 8.99. The third kappa shape index (κ3) is 3.53. The van der Waals surface area contributed by atoms with Gasteiger partial charge in [0.25, 0.3) is 11.8 Å². The molecule has 3 fully saturated rings. The number of anilines is 1. The smallest absolute Gasteiger partial charge is 0.423 e. The number of phenols is 1. The maximum atomic E-state index is 14.2. The number of phenolic OH excluding ortho intramolecular Hbond substituents is 1. The maximum Gasteiger partial charge on any atom is 0.423 e. The molecule has 1 saturated carbocycles. The number of carbonyl (C=O) groups is 5. The summed E-state index contributed by atoms with van der Waals surface area (Å²) < 4.78 is 23.5. The van der Waals surface area contributed by atoms with E-state index in [0.29, 0.717) is 16.0 Å². The van der Waals surface area contributed by atoms with E-state index in [2.05, 4.69) is 4.74 Å². The maximum absolute atomic E-state index is 14.2. The molecule has 5 amide bonds. The van der Waals surface area contributed by atoms with Gasteiger partial charge in [-0.15, -0.1) is 23.2 Å². The van der Waals surface area contributed by atoms with Crippen LogP contribution in [0.3, 0.4) is 0 Å². The molecule has 13 heteroatoms. The average molecular weight is 617 g/mol. The zero-order chi connectivity index (χ0) is 30.3. The molecule has 0 radical (unpaired) electrons. The number of benzene rings is 2. The number of likely N-dealkylation sites (tertiary alicyclic amines) is 1. The van der Waals surface area contributed by atoms with E-state index in [0.717, 1.165) is 24.1 Å². The van der Waals surface area contributed by atoms with Crippen molar-refractivity contribution >= 4 is 58.6 Å². The van der Waals surface area contributed by atoms with Gasteiger partial charge in [0.15, 0.2) is 21.2 Å². The second kappa shape index (κ2) is 9.53. The largest absolute Gasteiger partial charge is 0.504 e. The predicted molar refractivity (Wildman–Crippen MR) is 146 cm³/mol. The minimum Gasteiger partial charge on any atom is -0.504 e. The molecule has 4 aliphatic rings. The Morgan fingerprint density at radius 2 is 1.69 bits per heavy atom. The first-order valence-electron chi connectivity index (χ1n) is 13.0. The van der Waals surface area contributed by atoms with Crippen molar-refractivity contribution in [3.8, 4) is 11.5 Å². The van der Waals surface area contributed by atoms with E-state index in [1.807, 2.05) is 0 Å². The van der Waals surface area contributed by atoms with Gasteiger partial charge in [-0.25, -0.2) is 14.1 Å². The van der Waals surface area contributed by atoms with Crippen LogP contribution >= 0.6 is 23.2 Å². The molecule has 2 heterocycles. The van der Waals surface area contributed by atoms with Crippen molar-refractivity contribution in [2.45, 2.75) is 28.5 Å². The fraction of sp³-hybridized carbons (Fsp3) is 0.345. The highest BCUT2D eigenvalue weighted by atomic mass is 35.5. The van der Waals surface area contributed by atoms with Crippen molar-refractivity contribution in [1.82, 2.24) is 4.90 Å². The Hall–Kier alpha value is -3.96. The van der Waals surface area contributed by atoms with Crippen LogP contribution in [0.5, 0.6) is 11.5 Å². The second-order valence-corrected chi connectivity index (χ2v) is 11.9. The van der Waals surface area contributed by atoms with Crippen molar-refractivity contribution in [2.75, 3.05) is 19.1 Å². The number of halogens is 3. The number of rotatable bonds is 3. The number of nitrogens with zero attached hydrogens (tertiary/aromatic N) is 2. The molecule has 6 atom stereocenters. The Bertz CT molecular complexity index is 1610. The van der Waals surface area contributed by atoms with Crippen molar-refractivity contribution in [2.24, 2.45) is 17.8 Å². The van der Waals surface area contributed by atoms with Gasteiger partial charge in [0, 0.05) is 5.92 Å².